The molecule has 1 amide bonds. The minimum atomic E-state index is -0.432. The maximum Gasteiger partial charge on any atom is 0.242 e. The van der Waals surface area contributed by atoms with Crippen molar-refractivity contribution in [2.75, 3.05) is 26.2 Å². The van der Waals surface area contributed by atoms with Crippen LogP contribution in [0.1, 0.15) is 39.5 Å². The molecule has 0 saturated carbocycles. The zero-order chi connectivity index (χ0) is 12.3. The van der Waals surface area contributed by atoms with Crippen LogP contribution in [-0.4, -0.2) is 48.7 Å². The van der Waals surface area contributed by atoms with Crippen LogP contribution in [0.25, 0.3) is 0 Å². The van der Waals surface area contributed by atoms with Crippen LogP contribution in [0, 0.1) is 0 Å². The highest BCUT2D eigenvalue weighted by Crippen LogP contribution is 2.18. The standard InChI is InChI=1S/C13H24N2O2/c1-13(2)12(16)15(8-4-3-7-14-13)10-11-6-5-9-17-11/h11,14H,3-10H2,1-2H3. The number of ether oxygens (including phenoxy) is 1. The fraction of sp³-hybridized carbons (Fsp3) is 0.923. The van der Waals surface area contributed by atoms with E-state index in [-0.39, 0.29) is 12.0 Å². The van der Waals surface area contributed by atoms with Gasteiger partial charge in [-0.15, -0.1) is 0 Å². The van der Waals surface area contributed by atoms with Gasteiger partial charge in [0, 0.05) is 19.7 Å². The topological polar surface area (TPSA) is 41.6 Å². The maximum atomic E-state index is 12.4. The van der Waals surface area contributed by atoms with Crippen LogP contribution < -0.4 is 5.32 Å². The number of amides is 1. The average molecular weight is 240 g/mol. The third-order valence-corrected chi connectivity index (χ3v) is 3.69. The lowest BCUT2D eigenvalue weighted by Crippen LogP contribution is -2.57. The molecule has 4 nitrogen and oxygen atoms in total. The molecule has 4 heteroatoms. The number of carbonyl (C=O) groups excluding carboxylic acids is 1. The van der Waals surface area contributed by atoms with E-state index in [1.54, 1.807) is 0 Å². The molecule has 2 aliphatic heterocycles. The molecule has 0 aromatic heterocycles. The summed E-state index contributed by atoms with van der Waals surface area (Å²) in [4.78, 5) is 14.4. The van der Waals surface area contributed by atoms with E-state index >= 15 is 0 Å². The van der Waals surface area contributed by atoms with Crippen molar-refractivity contribution in [1.82, 2.24) is 10.2 Å². The van der Waals surface area contributed by atoms with E-state index in [4.69, 9.17) is 4.74 Å². The number of hydrogen-bond donors (Lipinski definition) is 1. The van der Waals surface area contributed by atoms with Gasteiger partial charge in [-0.1, -0.05) is 0 Å². The van der Waals surface area contributed by atoms with Gasteiger partial charge in [-0.3, -0.25) is 4.79 Å². The summed E-state index contributed by atoms with van der Waals surface area (Å²) >= 11 is 0. The molecule has 0 bridgehead atoms. The molecular formula is C13H24N2O2. The maximum absolute atomic E-state index is 12.4. The molecule has 0 aromatic carbocycles. The highest BCUT2D eigenvalue weighted by atomic mass is 16.5. The van der Waals surface area contributed by atoms with Crippen molar-refractivity contribution in [2.24, 2.45) is 0 Å². The molecule has 0 spiro atoms. The first-order valence-electron chi connectivity index (χ1n) is 6.75. The largest absolute Gasteiger partial charge is 0.376 e. The summed E-state index contributed by atoms with van der Waals surface area (Å²) in [5, 5.41) is 3.33. The van der Waals surface area contributed by atoms with Gasteiger partial charge in [0.25, 0.3) is 0 Å². The summed E-state index contributed by atoms with van der Waals surface area (Å²) in [6.07, 6.45) is 4.71. The van der Waals surface area contributed by atoms with Gasteiger partial charge in [0.1, 0.15) is 0 Å². The van der Waals surface area contributed by atoms with Crippen LogP contribution >= 0.6 is 0 Å². The van der Waals surface area contributed by atoms with Crippen LogP contribution in [0.2, 0.25) is 0 Å². The Bertz CT molecular complexity index is 273. The predicted octanol–water partition coefficient (Wildman–Crippen LogP) is 1.16. The Labute approximate surface area is 104 Å². The van der Waals surface area contributed by atoms with Gasteiger partial charge in [-0.05, 0) is 46.1 Å². The molecule has 2 heterocycles. The fourth-order valence-corrected chi connectivity index (χ4v) is 2.61. The second-order valence-corrected chi connectivity index (χ2v) is 5.65. The molecule has 2 rings (SSSR count). The Hall–Kier alpha value is -0.610. The Morgan fingerprint density at radius 3 is 2.94 bits per heavy atom. The van der Waals surface area contributed by atoms with Gasteiger partial charge in [0.15, 0.2) is 0 Å². The third kappa shape index (κ3) is 3.19. The van der Waals surface area contributed by atoms with E-state index in [0.29, 0.717) is 0 Å². The lowest BCUT2D eigenvalue weighted by molar-refractivity contribution is -0.139. The minimum Gasteiger partial charge on any atom is -0.376 e. The monoisotopic (exact) mass is 240 g/mol. The quantitative estimate of drug-likeness (QED) is 0.787. The third-order valence-electron chi connectivity index (χ3n) is 3.69. The summed E-state index contributed by atoms with van der Waals surface area (Å²) in [6, 6.07) is 0. The Morgan fingerprint density at radius 1 is 1.41 bits per heavy atom. The highest BCUT2D eigenvalue weighted by molar-refractivity contribution is 5.85. The van der Waals surface area contributed by atoms with E-state index < -0.39 is 5.54 Å². The first kappa shape index (κ1) is 12.8. The van der Waals surface area contributed by atoms with E-state index in [1.165, 1.54) is 0 Å². The smallest absolute Gasteiger partial charge is 0.242 e. The van der Waals surface area contributed by atoms with Crippen molar-refractivity contribution in [1.29, 1.82) is 0 Å². The summed E-state index contributed by atoms with van der Waals surface area (Å²) in [6.45, 7) is 7.39. The normalized spacial score (nSPS) is 30.1. The van der Waals surface area contributed by atoms with Crippen LogP contribution in [0.5, 0.6) is 0 Å². The molecule has 0 aromatic rings. The van der Waals surface area contributed by atoms with E-state index in [2.05, 4.69) is 5.32 Å². The first-order chi connectivity index (χ1) is 8.09. The van der Waals surface area contributed by atoms with Gasteiger partial charge in [0.05, 0.1) is 11.6 Å². The molecule has 0 aliphatic carbocycles. The Balaban J connectivity index is 1.98. The van der Waals surface area contributed by atoms with Crippen LogP contribution in [-0.2, 0) is 9.53 Å². The summed E-state index contributed by atoms with van der Waals surface area (Å²) in [7, 11) is 0. The minimum absolute atomic E-state index is 0.215. The number of nitrogens with zero attached hydrogens (tertiary/aromatic N) is 1. The van der Waals surface area contributed by atoms with Crippen molar-refractivity contribution in [3.05, 3.63) is 0 Å². The number of hydrogen-bond acceptors (Lipinski definition) is 3. The Morgan fingerprint density at radius 2 is 2.24 bits per heavy atom. The van der Waals surface area contributed by atoms with Crippen molar-refractivity contribution >= 4 is 5.91 Å². The van der Waals surface area contributed by atoms with Gasteiger partial charge in [-0.2, -0.15) is 0 Å². The second-order valence-electron chi connectivity index (χ2n) is 5.65. The van der Waals surface area contributed by atoms with Crippen molar-refractivity contribution in [3.63, 3.8) is 0 Å². The molecule has 1 atom stereocenters. The lowest BCUT2D eigenvalue weighted by atomic mass is 10.0. The summed E-state index contributed by atoms with van der Waals surface area (Å²) in [5.74, 6) is 0.215. The van der Waals surface area contributed by atoms with Gasteiger partial charge in [0.2, 0.25) is 5.91 Å². The molecule has 98 valence electrons. The van der Waals surface area contributed by atoms with Gasteiger partial charge >= 0.3 is 0 Å². The SMILES string of the molecule is CC1(C)NCCCCN(CC2CCCO2)C1=O. The average Bonchev–Trinajstić information content (AvgIpc) is 2.77. The molecular weight excluding hydrogens is 216 g/mol. The fourth-order valence-electron chi connectivity index (χ4n) is 2.61. The predicted molar refractivity (Wildman–Crippen MR) is 66.9 cm³/mol. The molecule has 2 saturated heterocycles. The summed E-state index contributed by atoms with van der Waals surface area (Å²) in [5.41, 5.74) is -0.432. The highest BCUT2D eigenvalue weighted by Gasteiger charge is 2.34. The van der Waals surface area contributed by atoms with Crippen molar-refractivity contribution in [2.45, 2.75) is 51.2 Å². The van der Waals surface area contributed by atoms with E-state index in [9.17, 15) is 4.79 Å². The number of nitrogens with one attached hydrogen (secondary N) is 1. The molecule has 2 aliphatic rings. The molecule has 1 N–H and O–H groups in total. The molecule has 17 heavy (non-hydrogen) atoms. The zero-order valence-corrected chi connectivity index (χ0v) is 11.0. The lowest BCUT2D eigenvalue weighted by Gasteiger charge is -2.36. The second kappa shape index (κ2) is 5.36. The van der Waals surface area contributed by atoms with Crippen LogP contribution in [0.3, 0.4) is 0 Å². The van der Waals surface area contributed by atoms with Gasteiger partial charge < -0.3 is 15.0 Å². The number of rotatable bonds is 2. The van der Waals surface area contributed by atoms with E-state index in [1.807, 2.05) is 18.7 Å². The zero-order valence-electron chi connectivity index (χ0n) is 11.0. The Kier molecular flexibility index (Phi) is 4.05. The van der Waals surface area contributed by atoms with Crippen LogP contribution in [0.4, 0.5) is 0 Å². The van der Waals surface area contributed by atoms with E-state index in [0.717, 1.165) is 51.9 Å². The first-order valence-corrected chi connectivity index (χ1v) is 6.75. The molecule has 2 fully saturated rings. The molecule has 1 unspecified atom stereocenters. The van der Waals surface area contributed by atoms with Crippen LogP contribution in [0.15, 0.2) is 0 Å². The van der Waals surface area contributed by atoms with Crippen molar-refractivity contribution in [3.8, 4) is 0 Å². The summed E-state index contributed by atoms with van der Waals surface area (Å²) < 4.78 is 5.63. The van der Waals surface area contributed by atoms with Crippen molar-refractivity contribution < 1.29 is 9.53 Å². The molecule has 0 radical (unpaired) electrons. The number of carbonyl (C=O) groups is 1. The van der Waals surface area contributed by atoms with Gasteiger partial charge in [-0.25, -0.2) is 0 Å².